The van der Waals surface area contributed by atoms with Crippen LogP contribution in [0, 0.1) is 83.1 Å². The van der Waals surface area contributed by atoms with Gasteiger partial charge in [-0.25, -0.2) is 0 Å². The number of hydrogen-bond acceptors (Lipinski definition) is 4. The SMILES string of the molecule is Cc1ccc(C)c2c1oc1ccccc12.Cc1ccc(C)c2c1sc1ccccc12.Cc1ccc2c(c1)C(C)(c1ccccc1)c1cc(C)ccc1-2.Cc1ccc2c(c1)c1cc(C)ccc1n2-c1ccccc1.Cc1ccc2oc3ccc(C)cc3c2c1.Cc1ccc2sc3ccc(C)cc3c2c1. The Balaban J connectivity index is 0.000000100. The number of nitrogens with zero attached hydrogens (tertiary/aromatic N) is 1. The molecule has 5 heterocycles. The van der Waals surface area contributed by atoms with Crippen LogP contribution in [-0.2, 0) is 5.41 Å². The molecular formula is C98H85NO2S2. The van der Waals surface area contributed by atoms with Crippen LogP contribution in [0.5, 0.6) is 0 Å². The monoisotopic (exact) mass is 1370 g/mol. The van der Waals surface area contributed by atoms with Crippen LogP contribution in [0.4, 0.5) is 0 Å². The highest BCUT2D eigenvalue weighted by Crippen LogP contribution is 2.53. The molecule has 0 unspecified atom stereocenters. The van der Waals surface area contributed by atoms with Crippen molar-refractivity contribution in [2.75, 3.05) is 0 Å². The second-order valence-electron chi connectivity index (χ2n) is 28.5. The van der Waals surface area contributed by atoms with Crippen molar-refractivity contribution in [2.24, 2.45) is 0 Å². The fourth-order valence-corrected chi connectivity index (χ4v) is 17.5. The third-order valence-electron chi connectivity index (χ3n) is 20.6. The number of furan rings is 2. The lowest BCUT2D eigenvalue weighted by molar-refractivity contribution is 0.665. The van der Waals surface area contributed by atoms with E-state index in [9.17, 15) is 0 Å². The molecule has 3 nitrogen and oxygen atoms in total. The molecule has 0 aliphatic heterocycles. The van der Waals surface area contributed by atoms with Crippen molar-refractivity contribution >= 4 is 129 Å². The van der Waals surface area contributed by atoms with Crippen molar-refractivity contribution < 1.29 is 8.83 Å². The smallest absolute Gasteiger partial charge is 0.138 e. The van der Waals surface area contributed by atoms with E-state index in [-0.39, 0.29) is 5.41 Å². The highest BCUT2D eigenvalue weighted by atomic mass is 32.1. The largest absolute Gasteiger partial charge is 0.456 e. The predicted octanol–water partition coefficient (Wildman–Crippen LogP) is 28.8. The minimum Gasteiger partial charge on any atom is -0.456 e. The van der Waals surface area contributed by atoms with Gasteiger partial charge in [0.25, 0.3) is 0 Å². The quantitative estimate of drug-likeness (QED) is 0.173. The Hall–Kier alpha value is -11.1. The number of rotatable bonds is 2. The number of fused-ring (bicyclic) bond motifs is 18. The lowest BCUT2D eigenvalue weighted by Crippen LogP contribution is -2.22. The van der Waals surface area contributed by atoms with Gasteiger partial charge in [-0.3, -0.25) is 0 Å². The summed E-state index contributed by atoms with van der Waals surface area (Å²) in [5, 5.41) is 13.2. The van der Waals surface area contributed by atoms with Gasteiger partial charge in [-0.1, -0.05) is 226 Å². The zero-order chi connectivity index (χ0) is 71.4. The lowest BCUT2D eigenvalue weighted by Gasteiger charge is -2.28. The molecule has 0 amide bonds. The highest BCUT2D eigenvalue weighted by molar-refractivity contribution is 7.26. The zero-order valence-electron chi connectivity index (χ0n) is 61.1. The first-order valence-electron chi connectivity index (χ1n) is 35.8. The number of aryl methyl sites for hydroxylation is 12. The molecule has 1 aliphatic carbocycles. The van der Waals surface area contributed by atoms with Crippen LogP contribution in [-0.4, -0.2) is 4.57 Å². The van der Waals surface area contributed by atoms with E-state index in [2.05, 4.69) is 349 Å². The summed E-state index contributed by atoms with van der Waals surface area (Å²) in [7, 11) is 0. The number of hydrogen-bond donors (Lipinski definition) is 0. The molecule has 19 aromatic rings. The Morgan fingerprint density at radius 2 is 0.680 bits per heavy atom. The number of benzene rings is 14. The maximum absolute atomic E-state index is 5.86. The van der Waals surface area contributed by atoms with Gasteiger partial charge in [0.1, 0.15) is 22.3 Å². The van der Waals surface area contributed by atoms with Crippen LogP contribution < -0.4 is 0 Å². The molecule has 506 valence electrons. The minimum atomic E-state index is -0.0655. The Morgan fingerprint density at radius 3 is 1.23 bits per heavy atom. The van der Waals surface area contributed by atoms with Crippen molar-refractivity contribution in [2.45, 2.75) is 95.4 Å². The van der Waals surface area contributed by atoms with Crippen LogP contribution in [0.2, 0.25) is 0 Å². The fourth-order valence-electron chi connectivity index (χ4n) is 15.2. The topological polar surface area (TPSA) is 31.2 Å². The molecule has 1 aliphatic rings. The molecule has 0 saturated heterocycles. The van der Waals surface area contributed by atoms with Gasteiger partial charge < -0.3 is 13.4 Å². The standard InChI is InChI=1S/C22H20.C20H17N.2C14H12O.2C14H12S/c1-15-9-11-18-19-12-10-16(2)14-21(19)22(3,20(18)13-15)17-7-5-4-6-8-17;1-14-8-10-19-17(12-14)18-13-15(2)9-11-20(18)21(19)16-6-4-3-5-7-16;1-9-3-5-13-11(7-9)12-8-10(2)4-6-14(12)15-13;1-9-7-8-10(2)14-13(9)11-5-3-4-6-12(11)15-14;1-9-3-5-13-11(7-9)12-8-10(2)4-6-14(12)15-13;1-9-7-8-10(2)14-13(9)11-5-3-4-6-12(11)15-14/h4-14H,1-3H3;3-13H,1-2H3;4*3-8H,1-2H3. The van der Waals surface area contributed by atoms with Crippen LogP contribution >= 0.6 is 22.7 Å². The molecule has 0 spiro atoms. The number of para-hydroxylation sites is 2. The van der Waals surface area contributed by atoms with Crippen LogP contribution in [0.15, 0.2) is 288 Å². The Morgan fingerprint density at radius 1 is 0.282 bits per heavy atom. The summed E-state index contributed by atoms with van der Waals surface area (Å²) >= 11 is 3.78. The Labute approximate surface area is 612 Å². The summed E-state index contributed by atoms with van der Waals surface area (Å²) in [6, 6.07) is 100. The van der Waals surface area contributed by atoms with E-state index in [1.807, 2.05) is 46.9 Å². The van der Waals surface area contributed by atoms with Crippen molar-refractivity contribution in [3.05, 3.63) is 363 Å². The van der Waals surface area contributed by atoms with E-state index in [0.29, 0.717) is 0 Å². The lowest BCUT2D eigenvalue weighted by atomic mass is 9.74. The van der Waals surface area contributed by atoms with Gasteiger partial charge >= 0.3 is 0 Å². The van der Waals surface area contributed by atoms with Crippen LogP contribution in [0.3, 0.4) is 0 Å². The molecule has 14 aromatic carbocycles. The van der Waals surface area contributed by atoms with Crippen molar-refractivity contribution in [3.8, 4) is 16.8 Å². The average Bonchev–Trinajstić information content (AvgIpc) is 1.56. The molecule has 0 saturated carbocycles. The number of aromatic nitrogens is 1. The first kappa shape index (κ1) is 67.7. The molecule has 20 rings (SSSR count). The van der Waals surface area contributed by atoms with E-state index < -0.39 is 0 Å². The molecule has 0 N–H and O–H groups in total. The van der Waals surface area contributed by atoms with Crippen molar-refractivity contribution in [1.82, 2.24) is 4.57 Å². The summed E-state index contributed by atoms with van der Waals surface area (Å²) in [5.74, 6) is 0. The Kier molecular flexibility index (Phi) is 18.4. The third-order valence-corrected chi connectivity index (χ3v) is 23.0. The van der Waals surface area contributed by atoms with Gasteiger partial charge in [0.2, 0.25) is 0 Å². The van der Waals surface area contributed by atoms with Crippen molar-refractivity contribution in [1.29, 1.82) is 0 Å². The van der Waals surface area contributed by atoms with Gasteiger partial charge in [0, 0.05) is 83.8 Å². The normalized spacial score (nSPS) is 12.0. The first-order chi connectivity index (χ1) is 49.9. The van der Waals surface area contributed by atoms with E-state index in [1.54, 1.807) is 0 Å². The molecule has 0 radical (unpaired) electrons. The highest BCUT2D eigenvalue weighted by Gasteiger charge is 2.40. The second-order valence-corrected chi connectivity index (χ2v) is 30.6. The van der Waals surface area contributed by atoms with Gasteiger partial charge in [-0.15, -0.1) is 22.7 Å². The maximum Gasteiger partial charge on any atom is 0.138 e. The molecule has 0 fully saturated rings. The van der Waals surface area contributed by atoms with Gasteiger partial charge in [-0.2, -0.15) is 0 Å². The molecular weight excluding hydrogens is 1290 g/mol. The number of thiophene rings is 2. The molecule has 0 atom stereocenters. The molecule has 0 bridgehead atoms. The molecule has 5 aromatic heterocycles. The van der Waals surface area contributed by atoms with Gasteiger partial charge in [0.15, 0.2) is 0 Å². The average molecular weight is 1370 g/mol. The van der Waals surface area contributed by atoms with E-state index in [4.69, 9.17) is 8.83 Å². The fraction of sp³-hybridized carbons (Fsp3) is 0.143. The Bertz CT molecular complexity index is 5950. The van der Waals surface area contributed by atoms with Crippen LogP contribution in [0.25, 0.3) is 123 Å². The van der Waals surface area contributed by atoms with Crippen molar-refractivity contribution in [3.63, 3.8) is 0 Å². The summed E-state index contributed by atoms with van der Waals surface area (Å²) in [6.07, 6.45) is 0. The van der Waals surface area contributed by atoms with E-state index >= 15 is 0 Å². The van der Waals surface area contributed by atoms with Crippen LogP contribution in [0.1, 0.15) is 90.4 Å². The minimum absolute atomic E-state index is 0.0655. The third kappa shape index (κ3) is 13.0. The van der Waals surface area contributed by atoms with E-state index in [1.165, 1.54) is 184 Å². The van der Waals surface area contributed by atoms with E-state index in [0.717, 1.165) is 22.3 Å². The summed E-state index contributed by atoms with van der Waals surface area (Å²) in [6.45, 7) is 28.2. The predicted molar refractivity (Wildman–Crippen MR) is 448 cm³/mol. The second kappa shape index (κ2) is 28.0. The zero-order valence-corrected chi connectivity index (χ0v) is 62.8. The van der Waals surface area contributed by atoms with Gasteiger partial charge in [0.05, 0.1) is 11.0 Å². The summed E-state index contributed by atoms with van der Waals surface area (Å²) in [4.78, 5) is 0. The molecule has 5 heteroatoms. The van der Waals surface area contributed by atoms with Gasteiger partial charge in [-0.05, 0) is 237 Å². The first-order valence-corrected chi connectivity index (χ1v) is 37.4. The summed E-state index contributed by atoms with van der Waals surface area (Å²) in [5.41, 5.74) is 30.3. The summed E-state index contributed by atoms with van der Waals surface area (Å²) < 4.78 is 19.6. The maximum atomic E-state index is 5.86. The molecule has 103 heavy (non-hydrogen) atoms.